The van der Waals surface area contributed by atoms with E-state index in [0.717, 1.165) is 19.5 Å². The summed E-state index contributed by atoms with van der Waals surface area (Å²) in [6.45, 7) is 12.1. The number of hydrogen-bond donors (Lipinski definition) is 2. The molecule has 0 aromatic heterocycles. The van der Waals surface area contributed by atoms with E-state index in [1.54, 1.807) is 0 Å². The predicted molar refractivity (Wildman–Crippen MR) is 68.2 cm³/mol. The first-order valence-corrected chi connectivity index (χ1v) is 6.40. The zero-order valence-electron chi connectivity index (χ0n) is 10.8. The quantitative estimate of drug-likeness (QED) is 0.542. The van der Waals surface area contributed by atoms with Crippen LogP contribution in [0.3, 0.4) is 0 Å². The van der Waals surface area contributed by atoms with Crippen LogP contribution < -0.4 is 11.1 Å². The molecular weight excluding hydrogens is 186 g/mol. The number of hydrogen-bond acceptors (Lipinski definition) is 3. The molecule has 15 heavy (non-hydrogen) atoms. The Morgan fingerprint density at radius 2 is 1.87 bits per heavy atom. The molecule has 0 radical (unpaired) electrons. The van der Waals surface area contributed by atoms with E-state index in [1.807, 2.05) is 0 Å². The summed E-state index contributed by atoms with van der Waals surface area (Å²) >= 11 is 0. The Kier molecular flexibility index (Phi) is 10.3. The van der Waals surface area contributed by atoms with E-state index in [1.165, 1.54) is 32.5 Å². The van der Waals surface area contributed by atoms with Crippen LogP contribution in [-0.2, 0) is 0 Å². The fourth-order valence-electron chi connectivity index (χ4n) is 1.71. The molecule has 0 bridgehead atoms. The number of nitrogens with zero attached hydrogens (tertiary/aromatic N) is 1. The second-order valence-corrected chi connectivity index (χ2v) is 4.17. The Morgan fingerprint density at radius 1 is 1.20 bits per heavy atom. The highest BCUT2D eigenvalue weighted by molar-refractivity contribution is 4.62. The van der Waals surface area contributed by atoms with Crippen LogP contribution in [0.1, 0.15) is 40.0 Å². The van der Waals surface area contributed by atoms with Gasteiger partial charge < -0.3 is 16.0 Å². The highest BCUT2D eigenvalue weighted by atomic mass is 15.1. The zero-order valence-corrected chi connectivity index (χ0v) is 10.8. The summed E-state index contributed by atoms with van der Waals surface area (Å²) in [5.41, 5.74) is 5.44. The van der Waals surface area contributed by atoms with Crippen LogP contribution in [0.25, 0.3) is 0 Å². The second kappa shape index (κ2) is 10.4. The van der Waals surface area contributed by atoms with Crippen LogP contribution in [-0.4, -0.2) is 43.7 Å². The fourth-order valence-corrected chi connectivity index (χ4v) is 1.71. The molecule has 0 amide bonds. The zero-order chi connectivity index (χ0) is 11.5. The molecule has 0 aliphatic heterocycles. The summed E-state index contributed by atoms with van der Waals surface area (Å²) < 4.78 is 0. The van der Waals surface area contributed by atoms with Crippen molar-refractivity contribution in [2.24, 2.45) is 5.73 Å². The average Bonchev–Trinajstić information content (AvgIpc) is 2.25. The van der Waals surface area contributed by atoms with Crippen LogP contribution in [0.2, 0.25) is 0 Å². The van der Waals surface area contributed by atoms with E-state index in [4.69, 9.17) is 5.73 Å². The van der Waals surface area contributed by atoms with E-state index in [9.17, 15) is 0 Å². The molecule has 0 aliphatic carbocycles. The molecular formula is C12H29N3. The molecule has 3 heteroatoms. The van der Waals surface area contributed by atoms with Gasteiger partial charge in [-0.1, -0.05) is 13.8 Å². The van der Waals surface area contributed by atoms with E-state index in [-0.39, 0.29) is 0 Å². The second-order valence-electron chi connectivity index (χ2n) is 4.17. The lowest BCUT2D eigenvalue weighted by atomic mass is 10.1. The maximum absolute atomic E-state index is 5.44. The summed E-state index contributed by atoms with van der Waals surface area (Å²) in [4.78, 5) is 2.48. The Morgan fingerprint density at radius 3 is 2.40 bits per heavy atom. The van der Waals surface area contributed by atoms with Crippen molar-refractivity contribution in [3.63, 3.8) is 0 Å². The number of nitrogens with one attached hydrogen (secondary N) is 1. The lowest BCUT2D eigenvalue weighted by Gasteiger charge is -2.19. The average molecular weight is 215 g/mol. The predicted octanol–water partition coefficient (Wildman–Crippen LogP) is 1.44. The Bertz CT molecular complexity index is 124. The third-order valence-electron chi connectivity index (χ3n) is 2.88. The van der Waals surface area contributed by atoms with Gasteiger partial charge in [0, 0.05) is 6.04 Å². The van der Waals surface area contributed by atoms with Crippen LogP contribution in [0.5, 0.6) is 0 Å². The van der Waals surface area contributed by atoms with Crippen molar-refractivity contribution < 1.29 is 0 Å². The van der Waals surface area contributed by atoms with Gasteiger partial charge in [0.05, 0.1) is 0 Å². The van der Waals surface area contributed by atoms with Gasteiger partial charge in [0.2, 0.25) is 0 Å². The molecule has 0 unspecified atom stereocenters. The maximum Gasteiger partial charge on any atom is 0.00392 e. The highest BCUT2D eigenvalue weighted by Gasteiger charge is 2.02. The van der Waals surface area contributed by atoms with Crippen molar-refractivity contribution in [1.82, 2.24) is 10.2 Å². The van der Waals surface area contributed by atoms with Crippen molar-refractivity contribution in [3.05, 3.63) is 0 Å². The summed E-state index contributed by atoms with van der Waals surface area (Å²) in [7, 11) is 0. The van der Waals surface area contributed by atoms with E-state index >= 15 is 0 Å². The normalized spacial score (nSPS) is 13.4. The first-order valence-electron chi connectivity index (χ1n) is 6.40. The van der Waals surface area contributed by atoms with Gasteiger partial charge in [-0.3, -0.25) is 0 Å². The largest absolute Gasteiger partial charge is 0.330 e. The molecule has 92 valence electrons. The van der Waals surface area contributed by atoms with Gasteiger partial charge in [0.25, 0.3) is 0 Å². The Labute approximate surface area is 95.4 Å². The lowest BCUT2D eigenvalue weighted by Crippen LogP contribution is -2.30. The van der Waals surface area contributed by atoms with Gasteiger partial charge >= 0.3 is 0 Å². The molecule has 0 rings (SSSR count). The monoisotopic (exact) mass is 215 g/mol. The molecule has 0 spiro atoms. The minimum Gasteiger partial charge on any atom is -0.330 e. The van der Waals surface area contributed by atoms with E-state index in [2.05, 4.69) is 31.0 Å². The van der Waals surface area contributed by atoms with Gasteiger partial charge in [-0.25, -0.2) is 0 Å². The van der Waals surface area contributed by atoms with Crippen LogP contribution >= 0.6 is 0 Å². The minimum absolute atomic E-state index is 0.632. The van der Waals surface area contributed by atoms with Crippen molar-refractivity contribution in [2.45, 2.75) is 46.1 Å². The van der Waals surface area contributed by atoms with E-state index < -0.39 is 0 Å². The maximum atomic E-state index is 5.44. The molecule has 0 saturated carbocycles. The Balaban J connectivity index is 3.33. The van der Waals surface area contributed by atoms with Gasteiger partial charge in [0.15, 0.2) is 0 Å². The van der Waals surface area contributed by atoms with E-state index in [0.29, 0.717) is 6.04 Å². The third-order valence-corrected chi connectivity index (χ3v) is 2.88. The molecule has 0 heterocycles. The third kappa shape index (κ3) is 8.85. The topological polar surface area (TPSA) is 41.3 Å². The number of nitrogens with two attached hydrogens (primary N) is 1. The van der Waals surface area contributed by atoms with Crippen molar-refractivity contribution in [3.8, 4) is 0 Å². The summed E-state index contributed by atoms with van der Waals surface area (Å²) in [6, 6.07) is 0.632. The molecule has 0 saturated heterocycles. The van der Waals surface area contributed by atoms with Crippen molar-refractivity contribution in [2.75, 3.05) is 32.7 Å². The minimum atomic E-state index is 0.632. The van der Waals surface area contributed by atoms with Gasteiger partial charge in [0.1, 0.15) is 0 Å². The Hall–Kier alpha value is -0.120. The fraction of sp³-hybridized carbons (Fsp3) is 1.00. The summed E-state index contributed by atoms with van der Waals surface area (Å²) in [6.07, 6.45) is 3.64. The molecule has 3 nitrogen and oxygen atoms in total. The van der Waals surface area contributed by atoms with Gasteiger partial charge in [-0.2, -0.15) is 0 Å². The highest BCUT2D eigenvalue weighted by Crippen LogP contribution is 1.99. The molecule has 0 aromatic rings. The molecule has 0 aliphatic rings. The number of rotatable bonds is 10. The summed E-state index contributed by atoms with van der Waals surface area (Å²) in [5, 5.41) is 3.49. The van der Waals surface area contributed by atoms with Crippen molar-refractivity contribution in [1.29, 1.82) is 0 Å². The molecule has 0 fully saturated rings. The first-order chi connectivity index (χ1) is 7.24. The molecule has 0 aromatic carbocycles. The van der Waals surface area contributed by atoms with Crippen LogP contribution in [0.4, 0.5) is 0 Å². The smallest absolute Gasteiger partial charge is 0.00392 e. The standard InChI is InChI=1S/C12H29N3/c1-4-15(5-2)11-6-8-12(3)14-10-7-9-13/h12,14H,4-11,13H2,1-3H3/t12-/m1/s1. The lowest BCUT2D eigenvalue weighted by molar-refractivity contribution is 0.290. The van der Waals surface area contributed by atoms with Gasteiger partial charge in [-0.05, 0) is 58.9 Å². The van der Waals surface area contributed by atoms with Gasteiger partial charge in [-0.15, -0.1) is 0 Å². The first kappa shape index (κ1) is 14.9. The van der Waals surface area contributed by atoms with Crippen LogP contribution in [0.15, 0.2) is 0 Å². The summed E-state index contributed by atoms with van der Waals surface area (Å²) in [5.74, 6) is 0. The molecule has 3 N–H and O–H groups in total. The molecule has 1 atom stereocenters. The van der Waals surface area contributed by atoms with Crippen molar-refractivity contribution >= 4 is 0 Å². The SMILES string of the molecule is CCN(CC)CCC[C@@H](C)NCCCN. The van der Waals surface area contributed by atoms with Crippen LogP contribution in [0, 0.1) is 0 Å².